The van der Waals surface area contributed by atoms with Crippen molar-refractivity contribution in [2.45, 2.75) is 71.8 Å². The van der Waals surface area contributed by atoms with E-state index in [1.165, 1.54) is 18.2 Å². The summed E-state index contributed by atoms with van der Waals surface area (Å²) in [4.78, 5) is 47.6. The van der Waals surface area contributed by atoms with E-state index < -0.39 is 6.10 Å². The van der Waals surface area contributed by atoms with Crippen LogP contribution in [-0.4, -0.2) is 42.7 Å². The molecular formula is C26H34N4O4. The quantitative estimate of drug-likeness (QED) is 0.591. The molecule has 0 aliphatic heterocycles. The Kier molecular flexibility index (Phi) is 5.62. The number of fused-ring (bicyclic) bond motifs is 6. The molecule has 0 aromatic carbocycles. The van der Waals surface area contributed by atoms with Gasteiger partial charge in [0.1, 0.15) is 5.78 Å². The molecule has 4 aliphatic rings. The first-order valence-corrected chi connectivity index (χ1v) is 12.5. The number of aliphatic hydroxyl groups is 1. The summed E-state index contributed by atoms with van der Waals surface area (Å²) >= 11 is 0. The van der Waals surface area contributed by atoms with Crippen LogP contribution >= 0.6 is 0 Å². The summed E-state index contributed by atoms with van der Waals surface area (Å²) < 4.78 is 0. The largest absolute Gasteiger partial charge is 0.392 e. The Morgan fingerprint density at radius 2 is 1.82 bits per heavy atom. The Morgan fingerprint density at radius 3 is 2.56 bits per heavy atom. The Labute approximate surface area is 198 Å². The third-order valence-corrected chi connectivity index (χ3v) is 9.80. The van der Waals surface area contributed by atoms with Gasteiger partial charge in [0.15, 0.2) is 16.9 Å². The summed E-state index contributed by atoms with van der Waals surface area (Å²) in [5, 5.41) is 10.8. The van der Waals surface area contributed by atoms with Gasteiger partial charge in [0.2, 0.25) is 0 Å². The third-order valence-electron chi connectivity index (χ3n) is 9.80. The zero-order valence-corrected chi connectivity index (χ0v) is 20.1. The Hall–Kier alpha value is -2.61. The number of hydrogen-bond donors (Lipinski definition) is 3. The van der Waals surface area contributed by atoms with Gasteiger partial charge in [0.05, 0.1) is 18.8 Å². The second kappa shape index (κ2) is 8.26. The summed E-state index contributed by atoms with van der Waals surface area (Å²) in [6, 6.07) is 0. The van der Waals surface area contributed by atoms with Gasteiger partial charge in [-0.15, -0.1) is 0 Å². The molecule has 3 N–H and O–H groups in total. The summed E-state index contributed by atoms with van der Waals surface area (Å²) in [6.07, 6.45) is 10.8. The van der Waals surface area contributed by atoms with Crippen molar-refractivity contribution < 1.29 is 14.7 Å². The average molecular weight is 467 g/mol. The first-order valence-electron chi connectivity index (χ1n) is 12.5. The molecule has 182 valence electrons. The number of ketones is 2. The number of Topliss-reactive ketones (excluding diaryl/α,β-unsaturated/α-hetero) is 1. The fourth-order valence-electron chi connectivity index (χ4n) is 8.06. The number of H-pyrrole nitrogens is 2. The molecule has 3 fully saturated rings. The Balaban J connectivity index is 0.000000200. The Bertz CT molecular complexity index is 1210. The van der Waals surface area contributed by atoms with Crippen molar-refractivity contribution in [1.82, 2.24) is 19.9 Å². The minimum absolute atomic E-state index is 0.0894. The van der Waals surface area contributed by atoms with Crippen LogP contribution in [0.3, 0.4) is 0 Å². The van der Waals surface area contributed by atoms with E-state index in [0.717, 1.165) is 38.5 Å². The van der Waals surface area contributed by atoms with E-state index in [9.17, 15) is 19.5 Å². The molecule has 2 aromatic heterocycles. The maximum atomic E-state index is 12.2. The van der Waals surface area contributed by atoms with Gasteiger partial charge in [-0.2, -0.15) is 4.98 Å². The molecule has 7 atom stereocenters. The number of rotatable bonds is 1. The van der Waals surface area contributed by atoms with Crippen LogP contribution in [-0.2, 0) is 9.59 Å². The molecule has 0 amide bonds. The summed E-state index contributed by atoms with van der Waals surface area (Å²) in [5.74, 6) is 2.35. The molecule has 0 radical (unpaired) electrons. The van der Waals surface area contributed by atoms with E-state index in [-0.39, 0.29) is 34.5 Å². The number of carbonyl (C=O) groups excluding carboxylic acids is 2. The van der Waals surface area contributed by atoms with E-state index in [1.807, 2.05) is 6.08 Å². The minimum atomic E-state index is -0.535. The Morgan fingerprint density at radius 1 is 1.06 bits per heavy atom. The van der Waals surface area contributed by atoms with Crippen LogP contribution in [0.15, 0.2) is 29.1 Å². The van der Waals surface area contributed by atoms with Crippen molar-refractivity contribution in [3.63, 3.8) is 0 Å². The molecule has 4 aliphatic carbocycles. The predicted molar refractivity (Wildman–Crippen MR) is 127 cm³/mol. The molecule has 8 heteroatoms. The highest BCUT2D eigenvalue weighted by Gasteiger charge is 2.61. The lowest BCUT2D eigenvalue weighted by atomic mass is 9.46. The lowest BCUT2D eigenvalue weighted by Crippen LogP contribution is -2.55. The van der Waals surface area contributed by atoms with Gasteiger partial charge in [-0.25, -0.2) is 4.98 Å². The molecular weight excluding hydrogens is 432 g/mol. The second-order valence-electron chi connectivity index (χ2n) is 11.2. The van der Waals surface area contributed by atoms with E-state index >= 15 is 0 Å². The highest BCUT2D eigenvalue weighted by molar-refractivity contribution is 5.92. The minimum Gasteiger partial charge on any atom is -0.392 e. The molecule has 6 rings (SSSR count). The van der Waals surface area contributed by atoms with Crippen LogP contribution in [0, 0.1) is 34.5 Å². The molecule has 2 aromatic rings. The highest BCUT2D eigenvalue weighted by atomic mass is 16.3. The monoisotopic (exact) mass is 466 g/mol. The maximum absolute atomic E-state index is 12.2. The van der Waals surface area contributed by atoms with Gasteiger partial charge in [-0.05, 0) is 74.7 Å². The molecule has 34 heavy (non-hydrogen) atoms. The lowest BCUT2D eigenvalue weighted by Gasteiger charge is -2.59. The number of nitrogens with one attached hydrogen (secondary N) is 2. The fourth-order valence-corrected chi connectivity index (χ4v) is 8.06. The number of carbonyl (C=O) groups is 2. The van der Waals surface area contributed by atoms with Crippen molar-refractivity contribution >= 4 is 22.7 Å². The molecule has 1 unspecified atom stereocenters. The normalized spacial score (nSPS) is 38.8. The number of nitrogens with zero attached hydrogens (tertiary/aromatic N) is 2. The molecule has 0 bridgehead atoms. The maximum Gasteiger partial charge on any atom is 0.298 e. The van der Waals surface area contributed by atoms with E-state index in [2.05, 4.69) is 33.8 Å². The fraction of sp³-hybridized carbons (Fsp3) is 0.654. The summed E-state index contributed by atoms with van der Waals surface area (Å²) in [6.45, 7) is 6.32. The van der Waals surface area contributed by atoms with Crippen LogP contribution in [0.4, 0.5) is 0 Å². The zero-order valence-electron chi connectivity index (χ0n) is 20.1. The first kappa shape index (κ1) is 23.1. The number of aromatic nitrogens is 4. The van der Waals surface area contributed by atoms with Crippen molar-refractivity contribution in [3.05, 3.63) is 34.7 Å². The topological polar surface area (TPSA) is 129 Å². The molecule has 0 saturated heterocycles. The molecule has 0 spiro atoms. The lowest BCUT2D eigenvalue weighted by molar-refractivity contribution is -0.134. The van der Waals surface area contributed by atoms with Crippen LogP contribution in [0.2, 0.25) is 0 Å². The van der Waals surface area contributed by atoms with E-state index in [4.69, 9.17) is 0 Å². The number of aliphatic hydroxyl groups excluding tert-OH is 1. The zero-order chi connectivity index (χ0) is 24.3. The summed E-state index contributed by atoms with van der Waals surface area (Å²) in [5.41, 5.74) is 1.79. The molecule has 2 heterocycles. The van der Waals surface area contributed by atoms with Gasteiger partial charge in [-0.1, -0.05) is 19.4 Å². The van der Waals surface area contributed by atoms with Crippen LogP contribution < -0.4 is 5.56 Å². The molecule has 3 saturated carbocycles. The van der Waals surface area contributed by atoms with Crippen LogP contribution in [0.5, 0.6) is 0 Å². The number of imidazole rings is 1. The van der Waals surface area contributed by atoms with Crippen molar-refractivity contribution in [2.24, 2.45) is 34.5 Å². The number of hydrogen-bond acceptors (Lipinski definition) is 6. The second-order valence-corrected chi connectivity index (χ2v) is 11.2. The first-order chi connectivity index (χ1) is 16.2. The predicted octanol–water partition coefficient (Wildman–Crippen LogP) is 3.34. The molecule has 8 nitrogen and oxygen atoms in total. The SMILES string of the molecule is CC(=O)[C@H]1CC[C@H]2[C@@H]3CCC4=CC(=O)CC(O)[C@]4(C)[C@H]3CC[C@]12C.O=c1nc[nH]c2nc[nH]c12. The van der Waals surface area contributed by atoms with Gasteiger partial charge in [-0.3, -0.25) is 14.4 Å². The van der Waals surface area contributed by atoms with Gasteiger partial charge in [0, 0.05) is 17.8 Å². The van der Waals surface area contributed by atoms with Crippen LogP contribution in [0.1, 0.15) is 65.7 Å². The summed E-state index contributed by atoms with van der Waals surface area (Å²) in [7, 11) is 0. The highest BCUT2D eigenvalue weighted by Crippen LogP contribution is 2.66. The smallest absolute Gasteiger partial charge is 0.298 e. The number of aromatic amines is 2. The van der Waals surface area contributed by atoms with Gasteiger partial charge < -0.3 is 15.1 Å². The van der Waals surface area contributed by atoms with Gasteiger partial charge in [0.25, 0.3) is 5.56 Å². The van der Waals surface area contributed by atoms with E-state index in [1.54, 1.807) is 6.92 Å². The van der Waals surface area contributed by atoms with Crippen LogP contribution in [0.25, 0.3) is 11.2 Å². The van der Waals surface area contributed by atoms with Crippen molar-refractivity contribution in [2.75, 3.05) is 0 Å². The van der Waals surface area contributed by atoms with E-state index in [0.29, 0.717) is 34.7 Å². The third kappa shape index (κ3) is 3.41. The van der Waals surface area contributed by atoms with Gasteiger partial charge >= 0.3 is 0 Å². The standard InChI is InChI=1S/C21H30O3.C5H4N4O/c1-12(22)16-6-7-17-15-5-4-13-10-14(23)11-19(24)21(13,3)18(15)8-9-20(16,17)2;10-5-3-4(7-1-6-3)8-2-9-5/h10,15-19,24H,4-9,11H2,1-3H3;1-2H,(H2,6,7,8,9,10)/t15-,16+,17-,18-,19?,20+,21-;/m0./s1. The van der Waals surface area contributed by atoms with Crippen molar-refractivity contribution in [1.29, 1.82) is 0 Å². The average Bonchev–Trinajstić information content (AvgIpc) is 3.40. The van der Waals surface area contributed by atoms with Crippen molar-refractivity contribution in [3.8, 4) is 0 Å².